The molecule has 17 heavy (non-hydrogen) atoms. The van der Waals surface area contributed by atoms with Crippen molar-refractivity contribution in [3.8, 4) is 5.75 Å². The Morgan fingerprint density at radius 3 is 2.59 bits per heavy atom. The zero-order valence-electron chi connectivity index (χ0n) is 10.4. The Hall–Kier alpha value is -1.16. The van der Waals surface area contributed by atoms with E-state index < -0.39 is 0 Å². The van der Waals surface area contributed by atoms with Crippen LogP contribution < -0.4 is 10.5 Å². The summed E-state index contributed by atoms with van der Waals surface area (Å²) in [5.41, 5.74) is 6.00. The fourth-order valence-corrected chi connectivity index (χ4v) is 1.89. The van der Waals surface area contributed by atoms with E-state index in [9.17, 15) is 4.39 Å². The molecule has 0 aliphatic rings. The highest BCUT2D eigenvalue weighted by Crippen LogP contribution is 2.22. The second kappa shape index (κ2) is 5.96. The fraction of sp³-hybridized carbons (Fsp3) is 0.462. The van der Waals surface area contributed by atoms with Gasteiger partial charge in [0.25, 0.3) is 0 Å². The largest absolute Gasteiger partial charge is 0.490 e. The molecule has 0 saturated carbocycles. The molecule has 0 amide bonds. The molecule has 2 nitrogen and oxygen atoms in total. The van der Waals surface area contributed by atoms with E-state index in [-0.39, 0.29) is 16.9 Å². The number of hydrogen-bond donors (Lipinski definition) is 1. The Balaban J connectivity index is 2.86. The van der Waals surface area contributed by atoms with Crippen molar-refractivity contribution in [2.24, 2.45) is 11.7 Å². The van der Waals surface area contributed by atoms with Gasteiger partial charge in [-0.15, -0.1) is 0 Å². The molecule has 0 radical (unpaired) electrons. The molecule has 1 aromatic rings. The van der Waals surface area contributed by atoms with Crippen LogP contribution in [0.4, 0.5) is 4.39 Å². The van der Waals surface area contributed by atoms with Gasteiger partial charge in [0, 0.05) is 0 Å². The lowest BCUT2D eigenvalue weighted by Crippen LogP contribution is -2.18. The van der Waals surface area contributed by atoms with Gasteiger partial charge in [-0.1, -0.05) is 26.1 Å². The van der Waals surface area contributed by atoms with E-state index >= 15 is 0 Å². The van der Waals surface area contributed by atoms with E-state index in [1.807, 2.05) is 6.92 Å². The van der Waals surface area contributed by atoms with Crippen LogP contribution in [0.2, 0.25) is 0 Å². The monoisotopic (exact) mass is 255 g/mol. The third kappa shape index (κ3) is 4.30. The minimum atomic E-state index is -0.364. The fourth-order valence-electron chi connectivity index (χ4n) is 1.73. The van der Waals surface area contributed by atoms with Crippen LogP contribution in [-0.2, 0) is 0 Å². The number of thiocarbonyl (C=S) groups is 1. The van der Waals surface area contributed by atoms with Crippen LogP contribution in [0.3, 0.4) is 0 Å². The van der Waals surface area contributed by atoms with Gasteiger partial charge in [-0.3, -0.25) is 0 Å². The molecule has 0 saturated heterocycles. The molecule has 0 aliphatic heterocycles. The third-order valence-corrected chi connectivity index (χ3v) is 2.56. The highest BCUT2D eigenvalue weighted by molar-refractivity contribution is 7.80. The number of halogens is 1. The third-order valence-electron chi connectivity index (χ3n) is 2.34. The average Bonchev–Trinajstić information content (AvgIpc) is 2.19. The molecule has 0 aromatic heterocycles. The standard InChI is InChI=1S/C13H18FNOS/c1-8(2)6-9(3)16-12-5-4-10(14)7-11(12)13(15)17/h4-5,7-9H,6H2,1-3H3,(H2,15,17). The number of ether oxygens (including phenoxy) is 1. The van der Waals surface area contributed by atoms with E-state index in [4.69, 9.17) is 22.7 Å². The molecule has 0 heterocycles. The van der Waals surface area contributed by atoms with Crippen molar-refractivity contribution in [1.29, 1.82) is 0 Å². The van der Waals surface area contributed by atoms with Crippen LogP contribution in [0.5, 0.6) is 5.75 Å². The number of benzene rings is 1. The molecule has 2 N–H and O–H groups in total. The second-order valence-electron chi connectivity index (χ2n) is 4.56. The Morgan fingerprint density at radius 1 is 1.41 bits per heavy atom. The molecule has 0 bridgehead atoms. The summed E-state index contributed by atoms with van der Waals surface area (Å²) in [6.45, 7) is 6.23. The first-order chi connectivity index (χ1) is 7.90. The zero-order valence-corrected chi connectivity index (χ0v) is 11.2. The van der Waals surface area contributed by atoms with Gasteiger partial charge in [0.15, 0.2) is 0 Å². The summed E-state index contributed by atoms with van der Waals surface area (Å²) in [5, 5.41) is 0. The number of rotatable bonds is 5. The van der Waals surface area contributed by atoms with Crippen molar-refractivity contribution in [2.75, 3.05) is 0 Å². The maximum atomic E-state index is 13.1. The van der Waals surface area contributed by atoms with Gasteiger partial charge in [0.05, 0.1) is 11.7 Å². The van der Waals surface area contributed by atoms with Gasteiger partial charge in [-0.2, -0.15) is 0 Å². The van der Waals surface area contributed by atoms with Crippen LogP contribution in [0, 0.1) is 11.7 Å². The molecular weight excluding hydrogens is 237 g/mol. The lowest BCUT2D eigenvalue weighted by atomic mass is 10.1. The summed E-state index contributed by atoms with van der Waals surface area (Å²) in [6, 6.07) is 4.22. The Labute approximate surface area is 107 Å². The minimum Gasteiger partial charge on any atom is -0.490 e. The summed E-state index contributed by atoms with van der Waals surface area (Å²) >= 11 is 4.88. The summed E-state index contributed by atoms with van der Waals surface area (Å²) in [6.07, 6.45) is 0.974. The van der Waals surface area contributed by atoms with Gasteiger partial charge in [-0.25, -0.2) is 4.39 Å². The molecule has 94 valence electrons. The van der Waals surface area contributed by atoms with Crippen molar-refractivity contribution < 1.29 is 9.13 Å². The first-order valence-electron chi connectivity index (χ1n) is 5.66. The van der Waals surface area contributed by atoms with Gasteiger partial charge >= 0.3 is 0 Å². The van der Waals surface area contributed by atoms with Crippen LogP contribution in [-0.4, -0.2) is 11.1 Å². The van der Waals surface area contributed by atoms with E-state index in [0.29, 0.717) is 17.2 Å². The van der Waals surface area contributed by atoms with E-state index in [0.717, 1.165) is 6.42 Å². The van der Waals surface area contributed by atoms with E-state index in [1.165, 1.54) is 12.1 Å². The maximum absolute atomic E-state index is 13.1. The Bertz CT molecular complexity index is 406. The molecule has 0 aliphatic carbocycles. The molecular formula is C13H18FNOS. The van der Waals surface area contributed by atoms with Crippen LogP contribution in [0.25, 0.3) is 0 Å². The van der Waals surface area contributed by atoms with Crippen LogP contribution in [0.1, 0.15) is 32.8 Å². The predicted molar refractivity (Wildman–Crippen MR) is 71.8 cm³/mol. The highest BCUT2D eigenvalue weighted by Gasteiger charge is 2.12. The Morgan fingerprint density at radius 2 is 2.06 bits per heavy atom. The van der Waals surface area contributed by atoms with Gasteiger partial charge in [0.1, 0.15) is 16.6 Å². The Kier molecular flexibility index (Phi) is 4.87. The lowest BCUT2D eigenvalue weighted by molar-refractivity contribution is 0.193. The van der Waals surface area contributed by atoms with E-state index in [2.05, 4.69) is 13.8 Å². The minimum absolute atomic E-state index is 0.0496. The SMILES string of the molecule is CC(C)CC(C)Oc1ccc(F)cc1C(N)=S. The summed E-state index contributed by atoms with van der Waals surface area (Å²) in [5.74, 6) is 0.724. The average molecular weight is 255 g/mol. The second-order valence-corrected chi connectivity index (χ2v) is 5.00. The molecule has 0 spiro atoms. The topological polar surface area (TPSA) is 35.2 Å². The van der Waals surface area contributed by atoms with Gasteiger partial charge < -0.3 is 10.5 Å². The summed E-state index contributed by atoms with van der Waals surface area (Å²) in [7, 11) is 0. The van der Waals surface area contributed by atoms with Crippen LogP contribution >= 0.6 is 12.2 Å². The first kappa shape index (κ1) is 13.9. The molecule has 1 rings (SSSR count). The van der Waals surface area contributed by atoms with Gasteiger partial charge in [0.2, 0.25) is 0 Å². The summed E-state index contributed by atoms with van der Waals surface area (Å²) in [4.78, 5) is 0.149. The first-order valence-corrected chi connectivity index (χ1v) is 6.07. The van der Waals surface area contributed by atoms with Crippen molar-refractivity contribution in [1.82, 2.24) is 0 Å². The molecule has 0 fully saturated rings. The van der Waals surface area contributed by atoms with Crippen molar-refractivity contribution >= 4 is 17.2 Å². The number of hydrogen-bond acceptors (Lipinski definition) is 2. The maximum Gasteiger partial charge on any atom is 0.130 e. The van der Waals surface area contributed by atoms with Crippen LogP contribution in [0.15, 0.2) is 18.2 Å². The molecule has 4 heteroatoms. The summed E-state index contributed by atoms with van der Waals surface area (Å²) < 4.78 is 18.8. The normalized spacial score (nSPS) is 12.5. The predicted octanol–water partition coefficient (Wildman–Crippen LogP) is 3.27. The highest BCUT2D eigenvalue weighted by atomic mass is 32.1. The van der Waals surface area contributed by atoms with Crippen molar-refractivity contribution in [2.45, 2.75) is 33.3 Å². The quantitative estimate of drug-likeness (QED) is 0.820. The lowest BCUT2D eigenvalue weighted by Gasteiger charge is -2.18. The molecule has 1 atom stereocenters. The van der Waals surface area contributed by atoms with E-state index in [1.54, 1.807) is 6.07 Å². The molecule has 1 unspecified atom stereocenters. The zero-order chi connectivity index (χ0) is 13.0. The van der Waals surface area contributed by atoms with Crippen molar-refractivity contribution in [3.63, 3.8) is 0 Å². The number of nitrogens with two attached hydrogens (primary N) is 1. The smallest absolute Gasteiger partial charge is 0.130 e. The molecule has 1 aromatic carbocycles. The van der Waals surface area contributed by atoms with Crippen molar-refractivity contribution in [3.05, 3.63) is 29.6 Å². The van der Waals surface area contributed by atoms with Gasteiger partial charge in [-0.05, 0) is 37.5 Å².